The lowest BCUT2D eigenvalue weighted by atomic mass is 10.1. The maximum atomic E-state index is 12.4. The molecule has 156 valence electrons. The monoisotopic (exact) mass is 426 g/mol. The third-order valence-corrected chi connectivity index (χ3v) is 4.43. The zero-order chi connectivity index (χ0) is 21.3. The number of anilines is 1. The minimum absolute atomic E-state index is 0.00273. The van der Waals surface area contributed by atoms with Crippen molar-refractivity contribution < 1.29 is 27.5 Å². The maximum Gasteiger partial charge on any atom is 0.446 e. The van der Waals surface area contributed by atoms with E-state index in [4.69, 9.17) is 4.74 Å². The van der Waals surface area contributed by atoms with Gasteiger partial charge in [0.1, 0.15) is 0 Å². The summed E-state index contributed by atoms with van der Waals surface area (Å²) >= 11 is -0.243. The summed E-state index contributed by atoms with van der Waals surface area (Å²) in [6, 6.07) is 11.5. The average Bonchev–Trinajstić information content (AvgIpc) is 2.67. The Hall–Kier alpha value is -2.52. The summed E-state index contributed by atoms with van der Waals surface area (Å²) in [6.07, 6.45) is 0.693. The van der Waals surface area contributed by atoms with Crippen molar-refractivity contribution in [1.29, 1.82) is 0 Å². The highest BCUT2D eigenvalue weighted by atomic mass is 32.2. The van der Waals surface area contributed by atoms with Crippen LogP contribution >= 0.6 is 11.8 Å². The molecule has 2 aromatic rings. The molecule has 2 rings (SSSR count). The molecule has 0 aromatic heterocycles. The zero-order valence-corrected chi connectivity index (χ0v) is 16.5. The van der Waals surface area contributed by atoms with Crippen molar-refractivity contribution in [3.8, 4) is 0 Å². The number of hydrogen-bond donors (Lipinski definition) is 2. The van der Waals surface area contributed by atoms with Gasteiger partial charge in [0.15, 0.2) is 0 Å². The second kappa shape index (κ2) is 10.9. The Kier molecular flexibility index (Phi) is 8.53. The van der Waals surface area contributed by atoms with Crippen LogP contribution < -0.4 is 10.6 Å². The first kappa shape index (κ1) is 22.8. The standard InChI is InChI=1S/C20H21F3N2O3S/c1-2-28-12-4-11-24-18(26)15-5-3-6-16(13-15)25-19(27)14-7-9-17(10-8-14)29-20(21,22)23/h3,5-10,13H,2,4,11-12H2,1H3,(H,24,26)(H,25,27). The van der Waals surface area contributed by atoms with E-state index in [0.29, 0.717) is 37.4 Å². The highest BCUT2D eigenvalue weighted by Crippen LogP contribution is 2.36. The van der Waals surface area contributed by atoms with Crippen LogP contribution in [0.2, 0.25) is 0 Å². The maximum absolute atomic E-state index is 12.4. The number of carbonyl (C=O) groups is 2. The van der Waals surface area contributed by atoms with Gasteiger partial charge in [0, 0.05) is 41.5 Å². The van der Waals surface area contributed by atoms with Crippen LogP contribution in [0.25, 0.3) is 0 Å². The van der Waals surface area contributed by atoms with E-state index >= 15 is 0 Å². The number of halogens is 3. The minimum Gasteiger partial charge on any atom is -0.382 e. The summed E-state index contributed by atoms with van der Waals surface area (Å²) in [5.74, 6) is -0.756. The number of ether oxygens (including phenoxy) is 1. The molecule has 0 fully saturated rings. The van der Waals surface area contributed by atoms with E-state index in [0.717, 1.165) is 0 Å². The third kappa shape index (κ3) is 8.16. The summed E-state index contributed by atoms with van der Waals surface area (Å²) in [5, 5.41) is 5.41. The van der Waals surface area contributed by atoms with Crippen LogP contribution in [0, 0.1) is 0 Å². The Balaban J connectivity index is 1.93. The molecule has 2 aromatic carbocycles. The predicted molar refractivity (Wildman–Crippen MR) is 106 cm³/mol. The number of hydrogen-bond acceptors (Lipinski definition) is 4. The molecule has 2 amide bonds. The summed E-state index contributed by atoms with van der Waals surface area (Å²) < 4.78 is 42.3. The molecule has 0 radical (unpaired) electrons. The van der Waals surface area contributed by atoms with Crippen LogP contribution in [0.4, 0.5) is 18.9 Å². The van der Waals surface area contributed by atoms with Crippen molar-refractivity contribution in [3.05, 3.63) is 59.7 Å². The number of benzene rings is 2. The van der Waals surface area contributed by atoms with Crippen molar-refractivity contribution in [2.24, 2.45) is 0 Å². The summed E-state index contributed by atoms with van der Waals surface area (Å²) in [5.41, 5.74) is -3.38. The van der Waals surface area contributed by atoms with Gasteiger partial charge in [0.05, 0.1) is 0 Å². The molecular weight excluding hydrogens is 405 g/mol. The molecule has 0 aliphatic carbocycles. The molecule has 9 heteroatoms. The Bertz CT molecular complexity index is 826. The number of alkyl halides is 3. The Morgan fingerprint density at radius 3 is 2.41 bits per heavy atom. The van der Waals surface area contributed by atoms with Gasteiger partial charge in [-0.25, -0.2) is 0 Å². The van der Waals surface area contributed by atoms with Crippen LogP contribution in [-0.2, 0) is 4.74 Å². The van der Waals surface area contributed by atoms with Gasteiger partial charge in [-0.1, -0.05) is 6.07 Å². The first-order valence-corrected chi connectivity index (χ1v) is 9.73. The zero-order valence-electron chi connectivity index (χ0n) is 15.7. The quantitative estimate of drug-likeness (QED) is 0.450. The fourth-order valence-corrected chi connectivity index (χ4v) is 2.91. The molecule has 0 unspecified atom stereocenters. The van der Waals surface area contributed by atoms with E-state index in [-0.39, 0.29) is 28.1 Å². The number of carbonyl (C=O) groups excluding carboxylic acids is 2. The van der Waals surface area contributed by atoms with Gasteiger partial charge in [0.2, 0.25) is 0 Å². The Labute approximate surface area is 171 Å². The van der Waals surface area contributed by atoms with E-state index in [9.17, 15) is 22.8 Å². The van der Waals surface area contributed by atoms with Crippen LogP contribution in [-0.4, -0.2) is 37.1 Å². The largest absolute Gasteiger partial charge is 0.446 e. The fraction of sp³-hybridized carbons (Fsp3) is 0.300. The summed E-state index contributed by atoms with van der Waals surface area (Å²) in [4.78, 5) is 24.5. The molecule has 0 bridgehead atoms. The van der Waals surface area contributed by atoms with Crippen molar-refractivity contribution in [2.75, 3.05) is 25.1 Å². The number of thioether (sulfide) groups is 1. The lowest BCUT2D eigenvalue weighted by molar-refractivity contribution is -0.0328. The van der Waals surface area contributed by atoms with E-state index in [2.05, 4.69) is 10.6 Å². The smallest absolute Gasteiger partial charge is 0.382 e. The van der Waals surface area contributed by atoms with Crippen LogP contribution in [0.1, 0.15) is 34.1 Å². The molecule has 0 aliphatic heterocycles. The highest BCUT2D eigenvalue weighted by molar-refractivity contribution is 8.00. The molecular formula is C20H21F3N2O3S. The van der Waals surface area contributed by atoms with E-state index in [1.54, 1.807) is 18.2 Å². The Morgan fingerprint density at radius 2 is 1.76 bits per heavy atom. The highest BCUT2D eigenvalue weighted by Gasteiger charge is 2.29. The second-order valence-electron chi connectivity index (χ2n) is 5.91. The van der Waals surface area contributed by atoms with Crippen LogP contribution in [0.3, 0.4) is 0 Å². The van der Waals surface area contributed by atoms with Crippen LogP contribution in [0.5, 0.6) is 0 Å². The minimum atomic E-state index is -4.38. The fourth-order valence-electron chi connectivity index (χ4n) is 2.37. The van der Waals surface area contributed by atoms with Crippen molar-refractivity contribution >= 4 is 29.3 Å². The molecule has 5 nitrogen and oxygen atoms in total. The van der Waals surface area contributed by atoms with Crippen molar-refractivity contribution in [3.63, 3.8) is 0 Å². The van der Waals surface area contributed by atoms with Gasteiger partial charge in [-0.2, -0.15) is 13.2 Å². The first-order chi connectivity index (χ1) is 13.8. The van der Waals surface area contributed by atoms with Gasteiger partial charge in [-0.15, -0.1) is 0 Å². The van der Waals surface area contributed by atoms with E-state index in [1.807, 2.05) is 6.92 Å². The summed E-state index contributed by atoms with van der Waals surface area (Å²) in [7, 11) is 0. The van der Waals surface area contributed by atoms with Crippen molar-refractivity contribution in [2.45, 2.75) is 23.7 Å². The molecule has 0 saturated carbocycles. The lowest BCUT2D eigenvalue weighted by Gasteiger charge is -2.09. The second-order valence-corrected chi connectivity index (χ2v) is 7.05. The third-order valence-electron chi connectivity index (χ3n) is 3.69. The SMILES string of the molecule is CCOCCCNC(=O)c1cccc(NC(=O)c2ccc(SC(F)(F)F)cc2)c1. The number of amides is 2. The summed E-state index contributed by atoms with van der Waals surface area (Å²) in [6.45, 7) is 3.55. The molecule has 0 saturated heterocycles. The van der Waals surface area contributed by atoms with Gasteiger partial charge >= 0.3 is 5.51 Å². The van der Waals surface area contributed by atoms with Gasteiger partial charge in [0.25, 0.3) is 11.8 Å². The lowest BCUT2D eigenvalue weighted by Crippen LogP contribution is -2.25. The molecule has 0 aliphatic rings. The van der Waals surface area contributed by atoms with Crippen LogP contribution in [0.15, 0.2) is 53.4 Å². The molecule has 0 atom stereocenters. The first-order valence-electron chi connectivity index (χ1n) is 8.91. The molecule has 2 N–H and O–H groups in total. The molecule has 0 spiro atoms. The average molecular weight is 426 g/mol. The molecule has 29 heavy (non-hydrogen) atoms. The predicted octanol–water partition coefficient (Wildman–Crippen LogP) is 4.71. The molecule has 0 heterocycles. The number of nitrogens with one attached hydrogen (secondary N) is 2. The van der Waals surface area contributed by atoms with Crippen molar-refractivity contribution in [1.82, 2.24) is 5.32 Å². The topological polar surface area (TPSA) is 67.4 Å². The normalized spacial score (nSPS) is 11.2. The van der Waals surface area contributed by atoms with Gasteiger partial charge < -0.3 is 15.4 Å². The van der Waals surface area contributed by atoms with Gasteiger partial charge in [-0.3, -0.25) is 9.59 Å². The van der Waals surface area contributed by atoms with E-state index in [1.165, 1.54) is 30.3 Å². The Morgan fingerprint density at radius 1 is 1.03 bits per heavy atom. The van der Waals surface area contributed by atoms with Gasteiger partial charge in [-0.05, 0) is 67.6 Å². The number of rotatable bonds is 9. The van der Waals surface area contributed by atoms with E-state index < -0.39 is 11.4 Å².